The van der Waals surface area contributed by atoms with E-state index in [9.17, 15) is 22.9 Å². The largest absolute Gasteiger partial charge is 0.478 e. The zero-order valence-corrected chi connectivity index (χ0v) is 13.5. The second kappa shape index (κ2) is 6.83. The van der Waals surface area contributed by atoms with E-state index in [-0.39, 0.29) is 27.7 Å². The molecule has 0 saturated carbocycles. The minimum absolute atomic E-state index is 0.117. The lowest BCUT2D eigenvalue weighted by molar-refractivity contribution is 0.0692. The first-order valence-corrected chi connectivity index (χ1v) is 8.11. The summed E-state index contributed by atoms with van der Waals surface area (Å²) in [5.41, 5.74) is -0.544. The molecule has 0 radical (unpaired) electrons. The predicted octanol–water partition coefficient (Wildman–Crippen LogP) is 4.14. The molecule has 7 heteroatoms. The highest BCUT2D eigenvalue weighted by Crippen LogP contribution is 2.39. The Labute approximate surface area is 129 Å². The highest BCUT2D eigenvalue weighted by Gasteiger charge is 2.36. The summed E-state index contributed by atoms with van der Waals surface area (Å²) in [5, 5.41) is 5.10. The van der Waals surface area contributed by atoms with Gasteiger partial charge in [-0.05, 0) is 42.1 Å². The molecule has 1 aromatic carbocycles. The van der Waals surface area contributed by atoms with Gasteiger partial charge >= 0.3 is 11.4 Å². The van der Waals surface area contributed by atoms with E-state index >= 15 is 0 Å². The zero-order valence-electron chi connectivity index (χ0n) is 12.0. The molecule has 0 aromatic heterocycles. The lowest BCUT2D eigenvalue weighted by Crippen LogP contribution is -2.19. The van der Waals surface area contributed by atoms with Crippen LogP contribution in [0.3, 0.4) is 0 Å². The number of benzene rings is 1. The number of halogens is 3. The fraction of sp³-hybridized carbons (Fsp3) is 0.500. The molecule has 0 aliphatic carbocycles. The standard InChI is InChI=1S/C14H17ClF2O3S/c1-4-8(3)21(20)12-9(5-2)10(13(18)19)6-7-11(12)14(15,16)17/h6-8H,4-5H2,1-3H3,(H,18,19)/t8-,21-/m1/s1. The van der Waals surface area contributed by atoms with Crippen molar-refractivity contribution in [3.05, 3.63) is 28.8 Å². The molecule has 0 unspecified atom stereocenters. The summed E-state index contributed by atoms with van der Waals surface area (Å²) >= 11 is 5.10. The Hall–Kier alpha value is -1.01. The average Bonchev–Trinajstić information content (AvgIpc) is 2.42. The Kier molecular flexibility index (Phi) is 5.87. The van der Waals surface area contributed by atoms with Gasteiger partial charge in [-0.3, -0.25) is 4.21 Å². The third-order valence-corrected chi connectivity index (χ3v) is 5.43. The van der Waals surface area contributed by atoms with Crippen LogP contribution in [-0.2, 0) is 22.6 Å². The van der Waals surface area contributed by atoms with Crippen LogP contribution in [0.2, 0.25) is 0 Å². The van der Waals surface area contributed by atoms with E-state index in [2.05, 4.69) is 0 Å². The molecule has 21 heavy (non-hydrogen) atoms. The van der Waals surface area contributed by atoms with Crippen molar-refractivity contribution in [3.8, 4) is 0 Å². The molecule has 0 saturated heterocycles. The number of hydrogen-bond donors (Lipinski definition) is 1. The molecule has 0 aliphatic rings. The highest BCUT2D eigenvalue weighted by molar-refractivity contribution is 7.85. The monoisotopic (exact) mass is 338 g/mol. The number of aromatic carboxylic acids is 1. The Morgan fingerprint density at radius 1 is 1.43 bits per heavy atom. The number of carboxylic acid groups (broad SMARTS) is 1. The molecule has 118 valence electrons. The second-order valence-electron chi connectivity index (χ2n) is 4.64. The summed E-state index contributed by atoms with van der Waals surface area (Å²) < 4.78 is 39.7. The smallest absolute Gasteiger partial charge is 0.349 e. The van der Waals surface area contributed by atoms with Crippen LogP contribution >= 0.6 is 11.6 Å². The van der Waals surface area contributed by atoms with Gasteiger partial charge in [0.05, 0.1) is 26.8 Å². The SMILES string of the molecule is CCc1c(C(=O)O)ccc(C(F)(F)Cl)c1[S@](=O)[C@H](C)CC. The van der Waals surface area contributed by atoms with Crippen molar-refractivity contribution in [2.24, 2.45) is 0 Å². The Morgan fingerprint density at radius 3 is 2.38 bits per heavy atom. The van der Waals surface area contributed by atoms with Gasteiger partial charge in [-0.1, -0.05) is 20.8 Å². The number of carbonyl (C=O) groups is 1. The van der Waals surface area contributed by atoms with E-state index in [1.54, 1.807) is 20.8 Å². The van der Waals surface area contributed by atoms with Crippen LogP contribution in [0.5, 0.6) is 0 Å². The Morgan fingerprint density at radius 2 is 2.00 bits per heavy atom. The molecule has 0 spiro atoms. The maximum absolute atomic E-state index is 13.6. The summed E-state index contributed by atoms with van der Waals surface area (Å²) in [7, 11) is -1.75. The van der Waals surface area contributed by atoms with Crippen molar-refractivity contribution in [2.45, 2.75) is 49.1 Å². The van der Waals surface area contributed by atoms with Crippen LogP contribution in [0.15, 0.2) is 17.0 Å². The fourth-order valence-electron chi connectivity index (χ4n) is 1.98. The highest BCUT2D eigenvalue weighted by atomic mass is 35.5. The van der Waals surface area contributed by atoms with Crippen LogP contribution in [0.1, 0.15) is 48.7 Å². The van der Waals surface area contributed by atoms with Gasteiger partial charge < -0.3 is 5.11 Å². The molecule has 0 heterocycles. The number of alkyl halides is 3. The van der Waals surface area contributed by atoms with E-state index in [1.807, 2.05) is 0 Å². The van der Waals surface area contributed by atoms with Crippen LogP contribution in [0.25, 0.3) is 0 Å². The number of carboxylic acids is 1. The van der Waals surface area contributed by atoms with Crippen LogP contribution in [0.4, 0.5) is 8.78 Å². The first-order valence-electron chi connectivity index (χ1n) is 6.52. The van der Waals surface area contributed by atoms with Crippen LogP contribution in [0, 0.1) is 0 Å². The molecule has 3 nitrogen and oxygen atoms in total. The van der Waals surface area contributed by atoms with Gasteiger partial charge in [-0.25, -0.2) is 4.79 Å². The van der Waals surface area contributed by atoms with E-state index in [1.165, 1.54) is 0 Å². The first-order chi connectivity index (χ1) is 9.65. The van der Waals surface area contributed by atoms with Crippen molar-refractivity contribution in [1.29, 1.82) is 0 Å². The second-order valence-corrected chi connectivity index (χ2v) is 6.92. The zero-order chi connectivity index (χ0) is 16.4. The normalized spacial score (nSPS) is 14.8. The third-order valence-electron chi connectivity index (χ3n) is 3.29. The first kappa shape index (κ1) is 18.0. The summed E-state index contributed by atoms with van der Waals surface area (Å²) in [4.78, 5) is 11.1. The van der Waals surface area contributed by atoms with Crippen molar-refractivity contribution in [1.82, 2.24) is 0 Å². The maximum atomic E-state index is 13.6. The van der Waals surface area contributed by atoms with Gasteiger partial charge in [0.2, 0.25) is 0 Å². The number of hydrogen-bond acceptors (Lipinski definition) is 2. The van der Waals surface area contributed by atoms with Gasteiger partial charge in [0.25, 0.3) is 0 Å². The molecule has 1 rings (SSSR count). The Bertz CT molecular complexity index is 570. The third kappa shape index (κ3) is 3.80. The van der Waals surface area contributed by atoms with Gasteiger partial charge in [0, 0.05) is 5.25 Å². The van der Waals surface area contributed by atoms with Crippen LogP contribution in [-0.4, -0.2) is 20.5 Å². The van der Waals surface area contributed by atoms with E-state index in [0.29, 0.717) is 6.42 Å². The summed E-state index contributed by atoms with van der Waals surface area (Å²) in [6.07, 6.45) is 0.695. The van der Waals surface area contributed by atoms with Gasteiger partial charge in [-0.15, -0.1) is 0 Å². The van der Waals surface area contributed by atoms with Crippen molar-refractivity contribution >= 4 is 28.4 Å². The van der Waals surface area contributed by atoms with Gasteiger partial charge in [0.1, 0.15) is 0 Å². The molecule has 1 N–H and O–H groups in total. The minimum atomic E-state index is -3.70. The summed E-state index contributed by atoms with van der Waals surface area (Å²) in [6.45, 7) is 5.09. The van der Waals surface area contributed by atoms with Gasteiger partial charge in [-0.2, -0.15) is 8.78 Å². The molecular weight excluding hydrogens is 322 g/mol. The van der Waals surface area contributed by atoms with Crippen LogP contribution < -0.4 is 0 Å². The molecule has 0 fully saturated rings. The fourth-order valence-corrected chi connectivity index (χ4v) is 3.81. The molecule has 0 aliphatic heterocycles. The molecule has 0 bridgehead atoms. The molecule has 1 aromatic rings. The lowest BCUT2D eigenvalue weighted by Gasteiger charge is -2.20. The topological polar surface area (TPSA) is 54.4 Å². The summed E-state index contributed by atoms with van der Waals surface area (Å²) in [6, 6.07) is 2.04. The molecular formula is C14H17ClF2O3S. The van der Waals surface area contributed by atoms with Crippen molar-refractivity contribution < 1.29 is 22.9 Å². The van der Waals surface area contributed by atoms with E-state index < -0.39 is 27.7 Å². The average molecular weight is 339 g/mol. The van der Waals surface area contributed by atoms with E-state index in [4.69, 9.17) is 11.6 Å². The van der Waals surface area contributed by atoms with E-state index in [0.717, 1.165) is 12.1 Å². The van der Waals surface area contributed by atoms with Gasteiger partial charge in [0.15, 0.2) is 0 Å². The predicted molar refractivity (Wildman–Crippen MR) is 78.7 cm³/mol. The maximum Gasteiger partial charge on any atom is 0.349 e. The quantitative estimate of drug-likeness (QED) is 0.793. The molecule has 2 atom stereocenters. The van der Waals surface area contributed by atoms with Crippen molar-refractivity contribution in [3.63, 3.8) is 0 Å². The molecule has 0 amide bonds. The number of rotatable bonds is 6. The minimum Gasteiger partial charge on any atom is -0.478 e. The Balaban J connectivity index is 3.71. The lowest BCUT2D eigenvalue weighted by atomic mass is 10.0. The summed E-state index contributed by atoms with van der Waals surface area (Å²) in [5.74, 6) is -1.24. The van der Waals surface area contributed by atoms with Crippen molar-refractivity contribution in [2.75, 3.05) is 0 Å².